The third-order valence-corrected chi connectivity index (χ3v) is 9.41. The third kappa shape index (κ3) is 4.23. The molecule has 1 fully saturated rings. The van der Waals surface area contributed by atoms with Crippen LogP contribution in [0.3, 0.4) is 0 Å². The lowest BCUT2D eigenvalue weighted by molar-refractivity contribution is -0.139. The number of carbonyl (C=O) groups is 2. The third-order valence-electron chi connectivity index (χ3n) is 8.30. The van der Waals surface area contributed by atoms with Crippen LogP contribution in [-0.4, -0.2) is 30.1 Å². The Morgan fingerprint density at radius 3 is 1.85 bits per heavy atom. The molecule has 0 spiro atoms. The van der Waals surface area contributed by atoms with Crippen molar-refractivity contribution in [3.63, 3.8) is 0 Å². The summed E-state index contributed by atoms with van der Waals surface area (Å²) in [4.78, 5) is 27.6. The Bertz CT molecular complexity index is 1620. The molecule has 0 N–H and O–H groups in total. The van der Waals surface area contributed by atoms with Gasteiger partial charge in [0.15, 0.2) is 11.5 Å². The first-order valence-electron chi connectivity index (χ1n) is 13.3. The average molecular weight is 672 g/mol. The van der Waals surface area contributed by atoms with E-state index in [1.807, 2.05) is 54.6 Å². The predicted octanol–water partition coefficient (Wildman–Crippen LogP) is 7.03. The van der Waals surface area contributed by atoms with Crippen LogP contribution in [0.1, 0.15) is 45.2 Å². The Morgan fingerprint density at radius 1 is 0.805 bits per heavy atom. The van der Waals surface area contributed by atoms with E-state index in [9.17, 15) is 9.59 Å². The van der Waals surface area contributed by atoms with Gasteiger partial charge in [-0.15, -0.1) is 0 Å². The molecule has 4 aromatic carbocycles. The molecule has 4 aliphatic rings. The molecular weight excluding hydrogens is 648 g/mol. The number of methoxy groups -OCH3 is 1. The van der Waals surface area contributed by atoms with Crippen LogP contribution in [0.15, 0.2) is 99.0 Å². The number of ether oxygens (including phenoxy) is 2. The van der Waals surface area contributed by atoms with Crippen molar-refractivity contribution in [3.8, 4) is 11.5 Å². The highest BCUT2D eigenvalue weighted by Crippen LogP contribution is 2.61. The van der Waals surface area contributed by atoms with Crippen molar-refractivity contribution in [2.75, 3.05) is 7.11 Å². The molecule has 2 bridgehead atoms. The number of halogens is 2. The van der Waals surface area contributed by atoms with Crippen LogP contribution in [-0.2, 0) is 16.2 Å². The second-order valence-electron chi connectivity index (χ2n) is 10.4. The average Bonchev–Trinajstić information content (AvgIpc) is 3.25. The van der Waals surface area contributed by atoms with Gasteiger partial charge in [0.05, 0.1) is 29.6 Å². The normalized spacial score (nSPS) is 22.1. The Morgan fingerprint density at radius 2 is 1.34 bits per heavy atom. The molecule has 6 nitrogen and oxygen atoms in total. The number of hydrogen-bond donors (Lipinski definition) is 0. The number of imide groups is 1. The van der Waals surface area contributed by atoms with Crippen LogP contribution < -0.4 is 9.47 Å². The molecule has 0 saturated carbocycles. The predicted molar refractivity (Wildman–Crippen MR) is 162 cm³/mol. The first kappa shape index (κ1) is 26.2. The molecule has 0 unspecified atom stereocenters. The zero-order valence-electron chi connectivity index (χ0n) is 22.0. The fraction of sp³-hybridized carbons (Fsp3) is 0.182. The minimum atomic E-state index is -0.467. The van der Waals surface area contributed by atoms with Crippen LogP contribution in [0.5, 0.6) is 11.5 Å². The van der Waals surface area contributed by atoms with E-state index in [-0.39, 0.29) is 23.7 Å². The Hall–Kier alpha value is -3.75. The van der Waals surface area contributed by atoms with E-state index in [1.165, 1.54) is 6.21 Å². The highest BCUT2D eigenvalue weighted by atomic mass is 79.9. The summed E-state index contributed by atoms with van der Waals surface area (Å²) in [6.07, 6.45) is 1.53. The molecule has 8 heteroatoms. The standard InChI is InChI=1S/C33H24Br2N2O4/c1-40-26-15-19(14-25(35)31(26)41-17-18-10-12-20(34)13-11-18)16-36-37-32(38)29-27-21-6-2-3-7-22(21)28(30(29)33(37)39)24-9-5-4-8-23(24)27/h2-16,27-30H,17H2,1H3/b36-16-/t27?,28?,29-,30+. The minimum Gasteiger partial charge on any atom is -0.493 e. The summed E-state index contributed by atoms with van der Waals surface area (Å²) in [5.41, 5.74) is 6.22. The van der Waals surface area contributed by atoms with Gasteiger partial charge in [-0.3, -0.25) is 9.59 Å². The Labute approximate surface area is 254 Å². The van der Waals surface area contributed by atoms with Gasteiger partial charge >= 0.3 is 0 Å². The molecule has 8 rings (SSSR count). The molecule has 2 amide bonds. The largest absolute Gasteiger partial charge is 0.493 e. The topological polar surface area (TPSA) is 68.2 Å². The molecule has 1 saturated heterocycles. The monoisotopic (exact) mass is 670 g/mol. The number of rotatable bonds is 6. The van der Waals surface area contributed by atoms with E-state index in [4.69, 9.17) is 9.47 Å². The highest BCUT2D eigenvalue weighted by Gasteiger charge is 2.61. The number of hydrazone groups is 1. The second-order valence-corrected chi connectivity index (χ2v) is 12.2. The quantitative estimate of drug-likeness (QED) is 0.163. The lowest BCUT2D eigenvalue weighted by Gasteiger charge is -2.45. The van der Waals surface area contributed by atoms with Crippen molar-refractivity contribution in [3.05, 3.63) is 127 Å². The van der Waals surface area contributed by atoms with Crippen molar-refractivity contribution in [1.82, 2.24) is 5.01 Å². The van der Waals surface area contributed by atoms with Gasteiger partial charge in [0.1, 0.15) is 6.61 Å². The number of hydrogen-bond acceptors (Lipinski definition) is 5. The van der Waals surface area contributed by atoms with E-state index in [2.05, 4.69) is 61.2 Å². The molecule has 3 aliphatic carbocycles. The maximum Gasteiger partial charge on any atom is 0.254 e. The van der Waals surface area contributed by atoms with E-state index in [0.29, 0.717) is 28.1 Å². The first-order valence-corrected chi connectivity index (χ1v) is 14.9. The van der Waals surface area contributed by atoms with E-state index in [0.717, 1.165) is 37.3 Å². The second kappa shape index (κ2) is 10.3. The van der Waals surface area contributed by atoms with E-state index < -0.39 is 11.8 Å². The Kier molecular flexibility index (Phi) is 6.55. The SMILES string of the molecule is COc1cc(/C=N\N2C(=O)[C@@H]3C4c5ccccc5C(c5ccccc54)[C@@H]3C2=O)cc(Br)c1OCc1ccc(Br)cc1. The Balaban J connectivity index is 1.17. The first-order chi connectivity index (χ1) is 20.0. The molecule has 0 aromatic heterocycles. The maximum atomic E-state index is 13.8. The zero-order chi connectivity index (χ0) is 28.2. The van der Waals surface area contributed by atoms with Gasteiger partial charge < -0.3 is 9.47 Å². The van der Waals surface area contributed by atoms with Crippen LogP contribution in [0.4, 0.5) is 0 Å². The van der Waals surface area contributed by atoms with Crippen molar-refractivity contribution in [2.45, 2.75) is 18.4 Å². The van der Waals surface area contributed by atoms with Gasteiger partial charge in [0.2, 0.25) is 0 Å². The molecule has 41 heavy (non-hydrogen) atoms. The summed E-state index contributed by atoms with van der Waals surface area (Å²) in [7, 11) is 1.57. The zero-order valence-corrected chi connectivity index (χ0v) is 25.1. The summed E-state index contributed by atoms with van der Waals surface area (Å²) in [6.45, 7) is 0.363. The molecule has 0 radical (unpaired) electrons. The van der Waals surface area contributed by atoms with Crippen molar-refractivity contribution >= 4 is 49.9 Å². The minimum absolute atomic E-state index is 0.162. The fourth-order valence-corrected chi connectivity index (χ4v) is 7.43. The molecule has 2 atom stereocenters. The van der Waals surface area contributed by atoms with Crippen molar-refractivity contribution < 1.29 is 19.1 Å². The summed E-state index contributed by atoms with van der Waals surface area (Å²) in [5.74, 6) is -0.703. The van der Waals surface area contributed by atoms with E-state index >= 15 is 0 Å². The molecule has 4 aromatic rings. The van der Waals surface area contributed by atoms with Crippen LogP contribution in [0, 0.1) is 11.8 Å². The number of carbonyl (C=O) groups excluding carboxylic acids is 2. The smallest absolute Gasteiger partial charge is 0.254 e. The van der Waals surface area contributed by atoms with Gasteiger partial charge in [-0.1, -0.05) is 76.6 Å². The summed E-state index contributed by atoms with van der Waals surface area (Å²) in [5, 5.41) is 5.51. The molecule has 204 valence electrons. The van der Waals surface area contributed by atoms with Crippen molar-refractivity contribution in [1.29, 1.82) is 0 Å². The highest BCUT2D eigenvalue weighted by molar-refractivity contribution is 9.10. The maximum absolute atomic E-state index is 13.8. The lowest BCUT2D eigenvalue weighted by Crippen LogP contribution is -2.41. The van der Waals surface area contributed by atoms with Crippen LogP contribution in [0.25, 0.3) is 0 Å². The molecular formula is C33H24Br2N2O4. The van der Waals surface area contributed by atoms with Gasteiger partial charge in [-0.2, -0.15) is 10.1 Å². The summed E-state index contributed by atoms with van der Waals surface area (Å²) >= 11 is 7.03. The molecule has 1 aliphatic heterocycles. The number of benzene rings is 4. The van der Waals surface area contributed by atoms with Gasteiger partial charge in [0, 0.05) is 16.3 Å². The van der Waals surface area contributed by atoms with Gasteiger partial charge in [-0.25, -0.2) is 0 Å². The van der Waals surface area contributed by atoms with Gasteiger partial charge in [0.25, 0.3) is 11.8 Å². The van der Waals surface area contributed by atoms with Crippen molar-refractivity contribution in [2.24, 2.45) is 16.9 Å². The fourth-order valence-electron chi connectivity index (χ4n) is 6.59. The van der Waals surface area contributed by atoms with Gasteiger partial charge in [-0.05, 0) is 73.6 Å². The number of nitrogens with zero attached hydrogens (tertiary/aromatic N) is 2. The van der Waals surface area contributed by atoms with E-state index in [1.54, 1.807) is 13.2 Å². The summed E-state index contributed by atoms with van der Waals surface area (Å²) < 4.78 is 13.3. The summed E-state index contributed by atoms with van der Waals surface area (Å²) in [6, 6.07) is 27.9. The van der Waals surface area contributed by atoms with Crippen LogP contribution in [0.2, 0.25) is 0 Å². The molecule has 1 heterocycles. The van der Waals surface area contributed by atoms with Crippen LogP contribution >= 0.6 is 31.9 Å². The number of amides is 2. The lowest BCUT2D eigenvalue weighted by atomic mass is 9.55.